The van der Waals surface area contributed by atoms with Gasteiger partial charge in [-0.3, -0.25) is 20.0 Å². The minimum Gasteiger partial charge on any atom is -0.330 e. The van der Waals surface area contributed by atoms with E-state index >= 15 is 0 Å². The Labute approximate surface area is 208 Å². The summed E-state index contributed by atoms with van der Waals surface area (Å²) in [5, 5.41) is 24.0. The van der Waals surface area contributed by atoms with Crippen LogP contribution in [0.3, 0.4) is 0 Å². The van der Waals surface area contributed by atoms with Gasteiger partial charge in [0, 0.05) is 29.8 Å². The van der Waals surface area contributed by atoms with Gasteiger partial charge in [-0.05, 0) is 45.6 Å². The molecule has 0 unspecified atom stereocenters. The molecule has 36 heavy (non-hydrogen) atoms. The Hall–Kier alpha value is -4.25. The number of H-pyrrole nitrogens is 1. The highest BCUT2D eigenvalue weighted by molar-refractivity contribution is 6.04. The molecule has 11 nitrogen and oxygen atoms in total. The van der Waals surface area contributed by atoms with E-state index in [2.05, 4.69) is 20.8 Å². The largest absolute Gasteiger partial charge is 0.330 e. The number of nitro benzene ring substituents is 1. The van der Waals surface area contributed by atoms with Gasteiger partial charge in [-0.1, -0.05) is 30.3 Å². The first-order valence-electron chi connectivity index (χ1n) is 11.5. The van der Waals surface area contributed by atoms with E-state index in [0.29, 0.717) is 17.9 Å². The van der Waals surface area contributed by atoms with Crippen molar-refractivity contribution in [2.45, 2.75) is 32.0 Å². The van der Waals surface area contributed by atoms with Crippen molar-refractivity contribution in [3.8, 4) is 0 Å². The Morgan fingerprint density at radius 3 is 2.44 bits per heavy atom. The highest BCUT2D eigenvalue weighted by Crippen LogP contribution is 2.40. The lowest BCUT2D eigenvalue weighted by atomic mass is 10.0. The summed E-state index contributed by atoms with van der Waals surface area (Å²) in [7, 11) is 3.91. The van der Waals surface area contributed by atoms with Crippen molar-refractivity contribution in [2.24, 2.45) is 0 Å². The van der Waals surface area contributed by atoms with E-state index < -0.39 is 16.4 Å². The molecule has 0 radical (unpaired) electrons. The summed E-state index contributed by atoms with van der Waals surface area (Å²) in [6, 6.07) is 14.7. The zero-order chi connectivity index (χ0) is 26.0. The molecular formula is C25H29N7O4. The van der Waals surface area contributed by atoms with E-state index in [-0.39, 0.29) is 29.9 Å². The second-order valence-corrected chi connectivity index (χ2v) is 9.50. The fourth-order valence-corrected chi connectivity index (χ4v) is 4.37. The number of nitrogens with zero attached hydrogens (tertiary/aromatic N) is 4. The maximum Gasteiger partial charge on any atom is 0.319 e. The van der Waals surface area contributed by atoms with Gasteiger partial charge < -0.3 is 20.4 Å². The van der Waals surface area contributed by atoms with E-state index in [0.717, 1.165) is 11.3 Å². The maximum atomic E-state index is 13.5. The van der Waals surface area contributed by atoms with Crippen LogP contribution in [0.2, 0.25) is 0 Å². The van der Waals surface area contributed by atoms with Crippen LogP contribution in [0.4, 0.5) is 16.3 Å². The highest BCUT2D eigenvalue weighted by atomic mass is 16.6. The Balaban J connectivity index is 1.51. The van der Waals surface area contributed by atoms with Crippen LogP contribution >= 0.6 is 0 Å². The number of fused-ring (bicyclic) bond motifs is 1. The average molecular weight is 492 g/mol. The molecule has 0 aliphatic carbocycles. The predicted molar refractivity (Wildman–Crippen MR) is 134 cm³/mol. The summed E-state index contributed by atoms with van der Waals surface area (Å²) < 4.78 is 0. The summed E-state index contributed by atoms with van der Waals surface area (Å²) >= 11 is 0. The van der Waals surface area contributed by atoms with Gasteiger partial charge in [-0.15, -0.1) is 0 Å². The molecule has 1 aliphatic rings. The fourth-order valence-electron chi connectivity index (χ4n) is 4.37. The molecule has 1 aliphatic heterocycles. The Kier molecular flexibility index (Phi) is 6.75. The molecule has 0 fully saturated rings. The number of carbonyl (C=O) groups excluding carboxylic acids is 2. The smallest absolute Gasteiger partial charge is 0.319 e. The van der Waals surface area contributed by atoms with Crippen LogP contribution in [0.5, 0.6) is 0 Å². The lowest BCUT2D eigenvalue weighted by Crippen LogP contribution is -2.48. The summed E-state index contributed by atoms with van der Waals surface area (Å²) in [5.41, 5.74) is 1.93. The Bertz CT molecular complexity index is 1270. The van der Waals surface area contributed by atoms with E-state index in [1.54, 1.807) is 4.90 Å². The molecule has 2 aromatic carbocycles. The number of rotatable bonds is 7. The molecule has 0 bridgehead atoms. The fraction of sp³-hybridized carbons (Fsp3) is 0.320. The number of nitrogens with one attached hydrogen (secondary N) is 3. The number of hydrogen-bond donors (Lipinski definition) is 3. The molecule has 0 saturated carbocycles. The molecule has 2 heterocycles. The summed E-state index contributed by atoms with van der Waals surface area (Å²) in [4.78, 5) is 40.3. The normalized spacial score (nSPS) is 14.9. The van der Waals surface area contributed by atoms with Gasteiger partial charge in [-0.25, -0.2) is 4.79 Å². The van der Waals surface area contributed by atoms with Gasteiger partial charge >= 0.3 is 6.03 Å². The number of urea groups is 1. The molecule has 3 N–H and O–H groups in total. The van der Waals surface area contributed by atoms with Crippen LogP contribution in [0.25, 0.3) is 0 Å². The van der Waals surface area contributed by atoms with Gasteiger partial charge in [-0.2, -0.15) is 5.10 Å². The monoisotopic (exact) mass is 491 g/mol. The van der Waals surface area contributed by atoms with Crippen LogP contribution in [0.1, 0.15) is 47.1 Å². The number of hydrogen-bond acceptors (Lipinski definition) is 6. The van der Waals surface area contributed by atoms with Crippen molar-refractivity contribution < 1.29 is 14.5 Å². The number of aromatic amines is 1. The number of aromatic nitrogens is 2. The van der Waals surface area contributed by atoms with Crippen LogP contribution in [-0.2, 0) is 12.1 Å². The van der Waals surface area contributed by atoms with Crippen molar-refractivity contribution in [1.29, 1.82) is 0 Å². The zero-order valence-corrected chi connectivity index (χ0v) is 20.6. The first-order chi connectivity index (χ1) is 17.1. The molecule has 3 amide bonds. The number of non-ortho nitro benzene ring substituents is 1. The summed E-state index contributed by atoms with van der Waals surface area (Å²) in [6.07, 6.45) is 0. The highest BCUT2D eigenvalue weighted by Gasteiger charge is 2.44. The lowest BCUT2D eigenvalue weighted by molar-refractivity contribution is -0.384. The second-order valence-electron chi connectivity index (χ2n) is 9.50. The third-order valence-corrected chi connectivity index (χ3v) is 6.33. The number of nitro groups is 1. The third-order valence-electron chi connectivity index (χ3n) is 6.33. The van der Waals surface area contributed by atoms with Gasteiger partial charge in [0.15, 0.2) is 5.82 Å². The maximum absolute atomic E-state index is 13.5. The molecule has 0 saturated heterocycles. The minimum absolute atomic E-state index is 0.0984. The number of amides is 3. The van der Waals surface area contributed by atoms with Crippen molar-refractivity contribution in [2.75, 3.05) is 26.0 Å². The zero-order valence-electron chi connectivity index (χ0n) is 20.6. The van der Waals surface area contributed by atoms with Crippen LogP contribution in [-0.4, -0.2) is 57.5 Å². The van der Waals surface area contributed by atoms with E-state index in [9.17, 15) is 19.7 Å². The summed E-state index contributed by atoms with van der Waals surface area (Å²) in [6.45, 7) is 4.72. The van der Waals surface area contributed by atoms with Crippen LogP contribution < -0.4 is 10.6 Å². The molecule has 11 heteroatoms. The first kappa shape index (κ1) is 24.9. The number of likely N-dealkylation sites (N-methyl/N-ethyl adjacent to an activating group) is 1. The Morgan fingerprint density at radius 1 is 1.17 bits per heavy atom. The molecule has 3 aromatic rings. The van der Waals surface area contributed by atoms with Crippen molar-refractivity contribution >= 4 is 23.4 Å². The molecule has 1 aromatic heterocycles. The summed E-state index contributed by atoms with van der Waals surface area (Å²) in [5.74, 6) is -0.125. The first-order valence-corrected chi connectivity index (χ1v) is 11.5. The number of benzene rings is 2. The molecular weight excluding hydrogens is 462 g/mol. The van der Waals surface area contributed by atoms with Gasteiger partial charge in [0.2, 0.25) is 0 Å². The van der Waals surface area contributed by atoms with E-state index in [4.69, 9.17) is 0 Å². The van der Waals surface area contributed by atoms with Crippen LogP contribution in [0.15, 0.2) is 54.6 Å². The average Bonchev–Trinajstić information content (AvgIpc) is 3.36. The third kappa shape index (κ3) is 4.91. The number of anilines is 1. The SMILES string of the molecule is CN(C)C[C@@H](NC(=O)N1Cc2c(NC(=O)c3ccc([N+](=O)[O-])cc3)n[nH]c2C1(C)C)c1ccccc1. The molecule has 1 atom stereocenters. The van der Waals surface area contributed by atoms with Crippen LogP contribution in [0, 0.1) is 10.1 Å². The molecule has 0 spiro atoms. The standard InChI is InChI=1S/C25H29N7O4/c1-25(2)21-19(22(29-28-21)27-23(33)17-10-12-18(13-11-17)32(35)36)14-31(25)24(34)26-20(15-30(3)4)16-8-6-5-7-9-16/h5-13,20H,14-15H2,1-4H3,(H,26,34)(H2,27,28,29,33)/t20-/m1/s1. The van der Waals surface area contributed by atoms with Crippen molar-refractivity contribution in [1.82, 2.24) is 25.3 Å². The van der Waals surface area contributed by atoms with Crippen molar-refractivity contribution in [3.05, 3.63) is 87.1 Å². The van der Waals surface area contributed by atoms with E-state index in [1.807, 2.05) is 63.2 Å². The minimum atomic E-state index is -0.692. The van der Waals surface area contributed by atoms with E-state index in [1.165, 1.54) is 24.3 Å². The Morgan fingerprint density at radius 2 is 1.83 bits per heavy atom. The number of carbonyl (C=O) groups is 2. The second kappa shape index (κ2) is 9.78. The van der Waals surface area contributed by atoms with Gasteiger partial charge in [0.25, 0.3) is 11.6 Å². The molecule has 188 valence electrons. The lowest BCUT2D eigenvalue weighted by Gasteiger charge is -2.34. The van der Waals surface area contributed by atoms with Gasteiger partial charge in [0.1, 0.15) is 0 Å². The quantitative estimate of drug-likeness (QED) is 0.341. The molecule has 4 rings (SSSR count). The predicted octanol–water partition coefficient (Wildman–Crippen LogP) is 3.63. The van der Waals surface area contributed by atoms with Crippen molar-refractivity contribution in [3.63, 3.8) is 0 Å². The van der Waals surface area contributed by atoms with Gasteiger partial charge in [0.05, 0.1) is 28.7 Å². The topological polar surface area (TPSA) is 137 Å².